The summed E-state index contributed by atoms with van der Waals surface area (Å²) in [5.74, 6) is 0.669. The highest BCUT2D eigenvalue weighted by atomic mass is 16.6. The molecule has 13 heavy (non-hydrogen) atoms. The Labute approximate surface area is 78.1 Å². The summed E-state index contributed by atoms with van der Waals surface area (Å²) in [6.07, 6.45) is 1.07. The molecule has 1 aliphatic carbocycles. The van der Waals surface area contributed by atoms with Gasteiger partial charge in [-0.2, -0.15) is 0 Å². The van der Waals surface area contributed by atoms with Gasteiger partial charge in [0.1, 0.15) is 6.10 Å². The standard InChI is InChI=1S/C10H16O3/c1-3-6-5(2)4-7-8(6)9(11)10(12)13-7/h5-9,11H,3-4H2,1-2H3. The molecule has 5 unspecified atom stereocenters. The molecule has 1 saturated carbocycles. The van der Waals surface area contributed by atoms with E-state index in [0.717, 1.165) is 12.8 Å². The van der Waals surface area contributed by atoms with Gasteiger partial charge in [-0.1, -0.05) is 20.3 Å². The molecule has 1 aliphatic heterocycles. The molecule has 0 radical (unpaired) electrons. The van der Waals surface area contributed by atoms with Gasteiger partial charge in [-0.25, -0.2) is 4.79 Å². The van der Waals surface area contributed by atoms with Crippen molar-refractivity contribution in [1.82, 2.24) is 0 Å². The number of ether oxygens (including phenoxy) is 1. The molecule has 1 heterocycles. The maximum atomic E-state index is 11.1. The third-order valence-corrected chi connectivity index (χ3v) is 3.60. The molecule has 3 nitrogen and oxygen atoms in total. The Balaban J connectivity index is 2.19. The van der Waals surface area contributed by atoms with Gasteiger partial charge in [0.2, 0.25) is 0 Å². The van der Waals surface area contributed by atoms with Crippen molar-refractivity contribution >= 4 is 5.97 Å². The van der Waals surface area contributed by atoms with Gasteiger partial charge in [0.15, 0.2) is 6.10 Å². The van der Waals surface area contributed by atoms with Gasteiger partial charge in [-0.15, -0.1) is 0 Å². The zero-order chi connectivity index (χ0) is 9.59. The molecular weight excluding hydrogens is 168 g/mol. The molecule has 3 heteroatoms. The summed E-state index contributed by atoms with van der Waals surface area (Å²) >= 11 is 0. The van der Waals surface area contributed by atoms with E-state index in [1.807, 2.05) is 0 Å². The van der Waals surface area contributed by atoms with Gasteiger partial charge in [0, 0.05) is 5.92 Å². The second kappa shape index (κ2) is 2.98. The van der Waals surface area contributed by atoms with Crippen molar-refractivity contribution in [1.29, 1.82) is 0 Å². The molecule has 2 fully saturated rings. The predicted octanol–water partition coefficient (Wildman–Crippen LogP) is 0.955. The van der Waals surface area contributed by atoms with Crippen molar-refractivity contribution in [3.05, 3.63) is 0 Å². The minimum absolute atomic E-state index is 0.0116. The Bertz CT molecular complexity index is 226. The molecule has 0 aromatic carbocycles. The molecule has 0 amide bonds. The molecule has 0 spiro atoms. The summed E-state index contributed by atoms with van der Waals surface area (Å²) in [7, 11) is 0. The zero-order valence-corrected chi connectivity index (χ0v) is 8.06. The van der Waals surface area contributed by atoms with Gasteiger partial charge >= 0.3 is 5.97 Å². The van der Waals surface area contributed by atoms with E-state index in [1.165, 1.54) is 0 Å². The van der Waals surface area contributed by atoms with E-state index in [9.17, 15) is 9.90 Å². The van der Waals surface area contributed by atoms with Crippen LogP contribution in [0.5, 0.6) is 0 Å². The van der Waals surface area contributed by atoms with E-state index in [0.29, 0.717) is 11.8 Å². The Morgan fingerprint density at radius 3 is 2.92 bits per heavy atom. The topological polar surface area (TPSA) is 46.5 Å². The van der Waals surface area contributed by atoms with Crippen LogP contribution in [0.1, 0.15) is 26.7 Å². The third kappa shape index (κ3) is 1.17. The number of esters is 1. The smallest absolute Gasteiger partial charge is 0.335 e. The molecule has 5 atom stereocenters. The first-order valence-electron chi connectivity index (χ1n) is 5.03. The first-order valence-corrected chi connectivity index (χ1v) is 5.03. The first kappa shape index (κ1) is 9.00. The summed E-state index contributed by atoms with van der Waals surface area (Å²) in [6.45, 7) is 4.28. The highest BCUT2D eigenvalue weighted by Gasteiger charge is 2.53. The fourth-order valence-corrected chi connectivity index (χ4v) is 2.97. The van der Waals surface area contributed by atoms with Crippen molar-refractivity contribution in [2.24, 2.45) is 17.8 Å². The Morgan fingerprint density at radius 2 is 2.31 bits per heavy atom. The number of rotatable bonds is 1. The highest BCUT2D eigenvalue weighted by Crippen LogP contribution is 2.46. The SMILES string of the molecule is CCC1C(C)CC2OC(=O)C(O)C21. The summed E-state index contributed by atoms with van der Waals surface area (Å²) < 4.78 is 5.11. The van der Waals surface area contributed by atoms with E-state index < -0.39 is 12.1 Å². The van der Waals surface area contributed by atoms with Gasteiger partial charge < -0.3 is 9.84 Å². The number of carbonyl (C=O) groups excluding carboxylic acids is 1. The fraction of sp³-hybridized carbons (Fsp3) is 0.900. The van der Waals surface area contributed by atoms with Gasteiger partial charge in [-0.05, 0) is 18.3 Å². The van der Waals surface area contributed by atoms with Crippen LogP contribution in [0.4, 0.5) is 0 Å². The van der Waals surface area contributed by atoms with E-state index in [4.69, 9.17) is 4.74 Å². The Morgan fingerprint density at radius 1 is 1.62 bits per heavy atom. The minimum Gasteiger partial charge on any atom is -0.460 e. The molecular formula is C10H16O3. The lowest BCUT2D eigenvalue weighted by Crippen LogP contribution is -2.28. The monoisotopic (exact) mass is 184 g/mol. The maximum Gasteiger partial charge on any atom is 0.335 e. The van der Waals surface area contributed by atoms with Crippen LogP contribution in [0.25, 0.3) is 0 Å². The summed E-state index contributed by atoms with van der Waals surface area (Å²) in [4.78, 5) is 11.1. The van der Waals surface area contributed by atoms with Crippen molar-refractivity contribution in [2.45, 2.75) is 38.9 Å². The molecule has 2 aliphatic rings. The van der Waals surface area contributed by atoms with Gasteiger partial charge in [0.05, 0.1) is 0 Å². The van der Waals surface area contributed by atoms with Crippen LogP contribution in [-0.4, -0.2) is 23.3 Å². The number of hydrogen-bond acceptors (Lipinski definition) is 3. The van der Waals surface area contributed by atoms with Crippen LogP contribution in [0, 0.1) is 17.8 Å². The van der Waals surface area contributed by atoms with E-state index in [1.54, 1.807) is 0 Å². The minimum atomic E-state index is -0.861. The normalized spacial score (nSPS) is 49.2. The predicted molar refractivity (Wildman–Crippen MR) is 46.9 cm³/mol. The Kier molecular flexibility index (Phi) is 2.06. The maximum absolute atomic E-state index is 11.1. The van der Waals surface area contributed by atoms with Gasteiger partial charge in [0.25, 0.3) is 0 Å². The lowest BCUT2D eigenvalue weighted by molar-refractivity contribution is -0.148. The average molecular weight is 184 g/mol. The van der Waals surface area contributed by atoms with Crippen molar-refractivity contribution in [2.75, 3.05) is 0 Å². The lowest BCUT2D eigenvalue weighted by atomic mass is 9.85. The average Bonchev–Trinajstić information content (AvgIpc) is 2.51. The van der Waals surface area contributed by atoms with Crippen LogP contribution >= 0.6 is 0 Å². The van der Waals surface area contributed by atoms with Crippen LogP contribution < -0.4 is 0 Å². The van der Waals surface area contributed by atoms with E-state index in [-0.39, 0.29) is 12.0 Å². The number of aliphatic hydroxyl groups is 1. The van der Waals surface area contributed by atoms with Crippen molar-refractivity contribution in [3.8, 4) is 0 Å². The molecule has 1 N–H and O–H groups in total. The number of hydrogen-bond donors (Lipinski definition) is 1. The summed E-state index contributed by atoms with van der Waals surface area (Å²) in [6, 6.07) is 0. The van der Waals surface area contributed by atoms with E-state index >= 15 is 0 Å². The van der Waals surface area contributed by atoms with Gasteiger partial charge in [-0.3, -0.25) is 0 Å². The van der Waals surface area contributed by atoms with Crippen LogP contribution in [-0.2, 0) is 9.53 Å². The van der Waals surface area contributed by atoms with Crippen molar-refractivity contribution < 1.29 is 14.6 Å². The second-order valence-electron chi connectivity index (χ2n) is 4.28. The van der Waals surface area contributed by atoms with Crippen LogP contribution in [0.2, 0.25) is 0 Å². The van der Waals surface area contributed by atoms with Crippen LogP contribution in [0.3, 0.4) is 0 Å². The van der Waals surface area contributed by atoms with E-state index in [2.05, 4.69) is 13.8 Å². The molecule has 74 valence electrons. The molecule has 2 rings (SSSR count). The lowest BCUT2D eigenvalue weighted by Gasteiger charge is -2.19. The summed E-state index contributed by atoms with van der Waals surface area (Å²) in [5.41, 5.74) is 0. The zero-order valence-electron chi connectivity index (χ0n) is 8.06. The quantitative estimate of drug-likeness (QED) is 0.617. The second-order valence-corrected chi connectivity index (χ2v) is 4.28. The third-order valence-electron chi connectivity index (χ3n) is 3.60. The van der Waals surface area contributed by atoms with Crippen molar-refractivity contribution in [3.63, 3.8) is 0 Å². The molecule has 0 aromatic heterocycles. The number of fused-ring (bicyclic) bond motifs is 1. The molecule has 0 aromatic rings. The fourth-order valence-electron chi connectivity index (χ4n) is 2.97. The highest BCUT2D eigenvalue weighted by molar-refractivity contribution is 5.77. The largest absolute Gasteiger partial charge is 0.460 e. The molecule has 1 saturated heterocycles. The molecule has 0 bridgehead atoms. The number of aliphatic hydroxyl groups excluding tert-OH is 1. The first-order chi connectivity index (χ1) is 6.15. The number of carbonyl (C=O) groups is 1. The van der Waals surface area contributed by atoms with Crippen LogP contribution in [0.15, 0.2) is 0 Å². The Hall–Kier alpha value is -0.570. The summed E-state index contributed by atoms with van der Waals surface area (Å²) in [5, 5.41) is 9.61.